The molecule has 3 aliphatic carbocycles. The molecule has 1 saturated carbocycles. The fourth-order valence-electron chi connectivity index (χ4n) is 5.82. The summed E-state index contributed by atoms with van der Waals surface area (Å²) in [5.74, 6) is 0.546. The highest BCUT2D eigenvalue weighted by Gasteiger charge is 2.50. The van der Waals surface area contributed by atoms with Crippen molar-refractivity contribution in [3.8, 4) is 0 Å². The number of aliphatic hydroxyl groups excluding tert-OH is 2. The predicted octanol–water partition coefficient (Wildman–Crippen LogP) is 3.91. The highest BCUT2D eigenvalue weighted by atomic mass is 32.2. The smallest absolute Gasteiger partial charge is 0.378 e. The Labute approximate surface area is 180 Å². The average molecular weight is 447 g/mol. The van der Waals surface area contributed by atoms with Gasteiger partial charge in [0.15, 0.2) is 0 Å². The van der Waals surface area contributed by atoms with Gasteiger partial charge in [-0.05, 0) is 49.9 Å². The van der Waals surface area contributed by atoms with Crippen molar-refractivity contribution in [1.82, 2.24) is 10.6 Å². The molecule has 5 unspecified atom stereocenters. The summed E-state index contributed by atoms with van der Waals surface area (Å²) in [4.78, 5) is 0. The molecule has 0 spiro atoms. The van der Waals surface area contributed by atoms with Crippen molar-refractivity contribution in [2.45, 2.75) is 86.7 Å². The second-order valence-corrected chi connectivity index (χ2v) is 10.6. The molecule has 4 aliphatic rings. The predicted molar refractivity (Wildman–Crippen MR) is 112 cm³/mol. The summed E-state index contributed by atoms with van der Waals surface area (Å²) < 4.78 is 39.0. The minimum Gasteiger partial charge on any atom is -0.378 e. The lowest BCUT2D eigenvalue weighted by Crippen LogP contribution is -2.55. The molecule has 9 atom stereocenters. The van der Waals surface area contributed by atoms with Crippen LogP contribution in [0.25, 0.3) is 0 Å². The van der Waals surface area contributed by atoms with Gasteiger partial charge in [0.25, 0.3) is 0 Å². The number of thioether (sulfide) groups is 1. The molecular formula is C22H33F3N2O2S. The van der Waals surface area contributed by atoms with E-state index < -0.39 is 24.0 Å². The van der Waals surface area contributed by atoms with E-state index in [9.17, 15) is 23.4 Å². The number of alkyl halides is 3. The Kier molecular flexibility index (Phi) is 7.19. The van der Waals surface area contributed by atoms with Gasteiger partial charge in [-0.1, -0.05) is 43.6 Å². The highest BCUT2D eigenvalue weighted by Crippen LogP contribution is 2.49. The summed E-state index contributed by atoms with van der Waals surface area (Å²) in [6, 6.07) is 0.0783. The van der Waals surface area contributed by atoms with Crippen molar-refractivity contribution in [1.29, 1.82) is 0 Å². The lowest BCUT2D eigenvalue weighted by Gasteiger charge is -2.39. The normalized spacial score (nSPS) is 41.0. The molecule has 0 amide bonds. The third-order valence-electron chi connectivity index (χ3n) is 7.31. The van der Waals surface area contributed by atoms with Crippen molar-refractivity contribution in [2.24, 2.45) is 23.7 Å². The zero-order valence-electron chi connectivity index (χ0n) is 17.1. The molecule has 1 saturated heterocycles. The quantitative estimate of drug-likeness (QED) is 0.381. The molecule has 0 aromatic heterocycles. The van der Waals surface area contributed by atoms with E-state index in [1.165, 1.54) is 11.8 Å². The van der Waals surface area contributed by atoms with E-state index in [1.807, 2.05) is 0 Å². The Bertz CT molecular complexity index is 644. The largest absolute Gasteiger partial charge is 0.428 e. The maximum atomic E-state index is 13.0. The minimum absolute atomic E-state index is 0.0783. The van der Waals surface area contributed by atoms with Crippen LogP contribution in [0.15, 0.2) is 24.3 Å². The Hall–Kier alpha value is -0.540. The number of fused-ring (bicyclic) bond motifs is 2. The van der Waals surface area contributed by atoms with Crippen molar-refractivity contribution in [2.75, 3.05) is 0 Å². The molecule has 1 aliphatic heterocycles. The molecule has 1 heterocycles. The standard InChI is InChI=1S/C22H33F3N2O2S/c23-22(24,25)21(29)27-20-18(15-10-2-1-3-12-17(15)30-20)19(28)26-16-11-6-8-13-7-4-5-9-14(13)16/h5-6,8-9,13-21,26-29H,1-4,7,10-12H2/t13-,14?,15-,16+,17?,18+,19?,20?,21?/m1/s1. The van der Waals surface area contributed by atoms with Gasteiger partial charge in [0, 0.05) is 17.2 Å². The van der Waals surface area contributed by atoms with E-state index in [1.54, 1.807) is 0 Å². The molecule has 0 aromatic rings. The van der Waals surface area contributed by atoms with Gasteiger partial charge in [-0.25, -0.2) is 0 Å². The van der Waals surface area contributed by atoms with Crippen LogP contribution in [0.1, 0.15) is 51.4 Å². The van der Waals surface area contributed by atoms with Gasteiger partial charge in [0.1, 0.15) is 6.23 Å². The third kappa shape index (κ3) is 4.93. The fraction of sp³-hybridized carbons (Fsp3) is 0.818. The van der Waals surface area contributed by atoms with Crippen LogP contribution in [-0.4, -0.2) is 45.5 Å². The summed E-state index contributed by atoms with van der Waals surface area (Å²) >= 11 is 1.47. The van der Waals surface area contributed by atoms with Gasteiger partial charge in [0.2, 0.25) is 6.23 Å². The lowest BCUT2D eigenvalue weighted by molar-refractivity contribution is -0.215. The maximum Gasteiger partial charge on any atom is 0.428 e. The lowest BCUT2D eigenvalue weighted by atomic mass is 9.74. The van der Waals surface area contributed by atoms with Crippen LogP contribution in [0.5, 0.6) is 0 Å². The molecular weight excluding hydrogens is 413 g/mol. The van der Waals surface area contributed by atoms with Gasteiger partial charge in [-0.2, -0.15) is 13.2 Å². The Balaban J connectivity index is 1.50. The summed E-state index contributed by atoms with van der Waals surface area (Å²) in [5, 5.41) is 26.2. The second kappa shape index (κ2) is 9.53. The van der Waals surface area contributed by atoms with Gasteiger partial charge in [0.05, 0.1) is 5.37 Å². The van der Waals surface area contributed by atoms with Crippen molar-refractivity contribution in [3.63, 3.8) is 0 Å². The van der Waals surface area contributed by atoms with Crippen LogP contribution in [0.3, 0.4) is 0 Å². The first kappa shape index (κ1) is 22.6. The molecule has 4 nitrogen and oxygen atoms in total. The monoisotopic (exact) mass is 446 g/mol. The summed E-state index contributed by atoms with van der Waals surface area (Å²) in [6.45, 7) is 0. The number of aliphatic hydroxyl groups is 2. The van der Waals surface area contributed by atoms with E-state index in [4.69, 9.17) is 0 Å². The van der Waals surface area contributed by atoms with Crippen LogP contribution < -0.4 is 10.6 Å². The average Bonchev–Trinajstić information content (AvgIpc) is 2.88. The molecule has 0 aromatic carbocycles. The SMILES string of the molecule is OC(N[C@H]1CC=C[C@H]2CCC=CC12)[C@H]1C(NC(O)C(F)(F)F)SC2CCCCC[C@H]21. The van der Waals surface area contributed by atoms with E-state index in [0.717, 1.165) is 51.4 Å². The number of allylic oxidation sites excluding steroid dienone is 2. The van der Waals surface area contributed by atoms with Crippen LogP contribution in [0.2, 0.25) is 0 Å². The summed E-state index contributed by atoms with van der Waals surface area (Å²) in [6.07, 6.45) is 8.71. The molecule has 2 fully saturated rings. The van der Waals surface area contributed by atoms with Crippen molar-refractivity contribution < 1.29 is 23.4 Å². The number of rotatable bonds is 5. The molecule has 0 radical (unpaired) electrons. The van der Waals surface area contributed by atoms with Crippen LogP contribution in [-0.2, 0) is 0 Å². The first-order chi connectivity index (χ1) is 14.3. The molecule has 4 rings (SSSR count). The first-order valence-corrected chi connectivity index (χ1v) is 12.2. The topological polar surface area (TPSA) is 64.5 Å². The number of hydrogen-bond acceptors (Lipinski definition) is 5. The van der Waals surface area contributed by atoms with E-state index in [-0.39, 0.29) is 23.1 Å². The second-order valence-electron chi connectivity index (χ2n) is 9.21. The van der Waals surface area contributed by atoms with Crippen molar-refractivity contribution >= 4 is 11.8 Å². The molecule has 170 valence electrons. The van der Waals surface area contributed by atoms with Crippen molar-refractivity contribution in [3.05, 3.63) is 24.3 Å². The summed E-state index contributed by atoms with van der Waals surface area (Å²) in [7, 11) is 0. The van der Waals surface area contributed by atoms with Gasteiger partial charge >= 0.3 is 6.18 Å². The highest BCUT2D eigenvalue weighted by molar-refractivity contribution is 8.00. The molecule has 4 N–H and O–H groups in total. The molecule has 30 heavy (non-hydrogen) atoms. The fourth-order valence-corrected chi connectivity index (χ4v) is 7.75. The Morgan fingerprint density at radius 2 is 1.77 bits per heavy atom. The number of halogens is 3. The van der Waals surface area contributed by atoms with Gasteiger partial charge in [-0.3, -0.25) is 10.6 Å². The Morgan fingerprint density at radius 1 is 0.967 bits per heavy atom. The first-order valence-electron chi connectivity index (χ1n) is 11.3. The van der Waals surface area contributed by atoms with Crippen LogP contribution in [0.4, 0.5) is 13.2 Å². The third-order valence-corrected chi connectivity index (χ3v) is 8.99. The maximum absolute atomic E-state index is 13.0. The van der Waals surface area contributed by atoms with E-state index >= 15 is 0 Å². The van der Waals surface area contributed by atoms with Crippen LogP contribution in [0, 0.1) is 23.7 Å². The van der Waals surface area contributed by atoms with Crippen LogP contribution >= 0.6 is 11.8 Å². The molecule has 0 bridgehead atoms. The Morgan fingerprint density at radius 3 is 2.57 bits per heavy atom. The summed E-state index contributed by atoms with van der Waals surface area (Å²) in [5.41, 5.74) is 0. The number of nitrogens with one attached hydrogen (secondary N) is 2. The number of hydrogen-bond donors (Lipinski definition) is 4. The van der Waals surface area contributed by atoms with E-state index in [2.05, 4.69) is 34.9 Å². The van der Waals surface area contributed by atoms with E-state index in [0.29, 0.717) is 11.8 Å². The zero-order valence-corrected chi connectivity index (χ0v) is 17.9. The minimum atomic E-state index is -4.72. The van der Waals surface area contributed by atoms with Gasteiger partial charge in [-0.15, -0.1) is 11.8 Å². The zero-order chi connectivity index (χ0) is 21.3. The molecule has 8 heteroatoms. The van der Waals surface area contributed by atoms with Gasteiger partial charge < -0.3 is 10.2 Å².